The summed E-state index contributed by atoms with van der Waals surface area (Å²) < 4.78 is 5.15. The Morgan fingerprint density at radius 1 is 0.926 bits per heavy atom. The van der Waals surface area contributed by atoms with E-state index in [2.05, 4.69) is 26.1 Å². The molecule has 0 aliphatic carbocycles. The van der Waals surface area contributed by atoms with Crippen LogP contribution in [0.3, 0.4) is 0 Å². The van der Waals surface area contributed by atoms with Crippen molar-refractivity contribution in [2.45, 2.75) is 39.2 Å². The van der Waals surface area contributed by atoms with Gasteiger partial charge in [-0.2, -0.15) is 0 Å². The Hall–Kier alpha value is -2.95. The number of esters is 1. The van der Waals surface area contributed by atoms with Gasteiger partial charge in [-0.1, -0.05) is 63.2 Å². The lowest BCUT2D eigenvalue weighted by atomic mass is 9.86. The maximum absolute atomic E-state index is 12.4. The average Bonchev–Trinajstić information content (AvgIpc) is 2.65. The maximum atomic E-state index is 12.4. The van der Waals surface area contributed by atoms with E-state index in [4.69, 9.17) is 4.74 Å². The minimum atomic E-state index is -0.924. The smallest absolute Gasteiger partial charge is 0.326 e. The van der Waals surface area contributed by atoms with E-state index < -0.39 is 12.1 Å². The van der Waals surface area contributed by atoms with Crippen molar-refractivity contribution in [1.29, 1.82) is 0 Å². The van der Waals surface area contributed by atoms with Gasteiger partial charge in [-0.3, -0.25) is 14.4 Å². The van der Waals surface area contributed by atoms with E-state index in [9.17, 15) is 14.4 Å². The van der Waals surface area contributed by atoms with E-state index in [0.29, 0.717) is 11.1 Å². The monoisotopic (exact) mass is 367 g/mol. The summed E-state index contributed by atoms with van der Waals surface area (Å²) >= 11 is 0. The number of Topliss-reactive ketones (excluding diaryl/α,β-unsaturated/α-hetero) is 1. The standard InChI is InChI=1S/C22H25NO4/c1-15(20(25)16-10-12-18(13-11-16)22(2,3)4)27-19(24)14-23-21(26)17-8-6-5-7-9-17/h5-13,15H,14H2,1-4H3,(H,23,26)/t15-/m1/s1. The molecule has 5 nitrogen and oxygen atoms in total. The minimum absolute atomic E-state index is 0.00335. The van der Waals surface area contributed by atoms with Crippen molar-refractivity contribution >= 4 is 17.7 Å². The van der Waals surface area contributed by atoms with Gasteiger partial charge in [-0.05, 0) is 30.0 Å². The molecule has 0 heterocycles. The van der Waals surface area contributed by atoms with Crippen LogP contribution in [0.2, 0.25) is 0 Å². The molecule has 0 radical (unpaired) electrons. The normalized spacial score (nSPS) is 12.1. The molecule has 0 saturated carbocycles. The first-order valence-corrected chi connectivity index (χ1v) is 8.86. The van der Waals surface area contributed by atoms with Crippen molar-refractivity contribution in [2.24, 2.45) is 0 Å². The highest BCUT2D eigenvalue weighted by Gasteiger charge is 2.21. The lowest BCUT2D eigenvalue weighted by Crippen LogP contribution is -2.34. The summed E-state index contributed by atoms with van der Waals surface area (Å²) in [4.78, 5) is 36.3. The number of nitrogens with one attached hydrogen (secondary N) is 1. The molecule has 0 bridgehead atoms. The molecule has 2 aromatic carbocycles. The summed E-state index contributed by atoms with van der Waals surface area (Å²) in [5.41, 5.74) is 2.05. The number of hydrogen-bond donors (Lipinski definition) is 1. The van der Waals surface area contributed by atoms with Crippen LogP contribution in [0.4, 0.5) is 0 Å². The van der Waals surface area contributed by atoms with Crippen LogP contribution < -0.4 is 5.32 Å². The molecule has 0 aliphatic rings. The molecule has 2 aromatic rings. The molecule has 0 aliphatic heterocycles. The molecule has 0 saturated heterocycles. The first-order valence-electron chi connectivity index (χ1n) is 8.86. The highest BCUT2D eigenvalue weighted by molar-refractivity contribution is 6.00. The van der Waals surface area contributed by atoms with Crippen LogP contribution in [0.5, 0.6) is 0 Å². The summed E-state index contributed by atoms with van der Waals surface area (Å²) in [6.45, 7) is 7.51. The van der Waals surface area contributed by atoms with Crippen LogP contribution in [0.1, 0.15) is 54.0 Å². The summed E-state index contributed by atoms with van der Waals surface area (Å²) in [5.74, 6) is -1.31. The predicted molar refractivity (Wildman–Crippen MR) is 104 cm³/mol. The van der Waals surface area contributed by atoms with E-state index >= 15 is 0 Å². The van der Waals surface area contributed by atoms with Crippen molar-refractivity contribution in [2.75, 3.05) is 6.54 Å². The predicted octanol–water partition coefficient (Wildman–Crippen LogP) is 3.53. The molecule has 1 amide bonds. The number of hydrogen-bond acceptors (Lipinski definition) is 4. The fourth-order valence-corrected chi connectivity index (χ4v) is 2.51. The number of carbonyl (C=O) groups is 3. The molecule has 142 valence electrons. The van der Waals surface area contributed by atoms with Gasteiger partial charge < -0.3 is 10.1 Å². The van der Waals surface area contributed by atoms with Gasteiger partial charge in [-0.25, -0.2) is 0 Å². The third-order valence-electron chi connectivity index (χ3n) is 4.14. The first kappa shape index (κ1) is 20.4. The van der Waals surface area contributed by atoms with Crippen LogP contribution in [-0.4, -0.2) is 30.3 Å². The second kappa shape index (κ2) is 8.62. The lowest BCUT2D eigenvalue weighted by Gasteiger charge is -2.19. The van der Waals surface area contributed by atoms with Gasteiger partial charge in [0.1, 0.15) is 6.54 Å². The average molecular weight is 367 g/mol. The first-order chi connectivity index (χ1) is 12.7. The van der Waals surface area contributed by atoms with Crippen LogP contribution in [-0.2, 0) is 14.9 Å². The fourth-order valence-electron chi connectivity index (χ4n) is 2.51. The number of benzene rings is 2. The SMILES string of the molecule is C[C@@H](OC(=O)CNC(=O)c1ccccc1)C(=O)c1ccc(C(C)(C)C)cc1. The number of ketones is 1. The molecule has 0 fully saturated rings. The molecular weight excluding hydrogens is 342 g/mol. The summed E-state index contributed by atoms with van der Waals surface area (Å²) in [5, 5.41) is 2.48. The van der Waals surface area contributed by atoms with E-state index in [-0.39, 0.29) is 23.7 Å². The minimum Gasteiger partial charge on any atom is -0.453 e. The van der Waals surface area contributed by atoms with Crippen molar-refractivity contribution in [1.82, 2.24) is 5.32 Å². The largest absolute Gasteiger partial charge is 0.453 e. The molecule has 0 aromatic heterocycles. The van der Waals surface area contributed by atoms with E-state index in [1.165, 1.54) is 6.92 Å². The fraction of sp³-hybridized carbons (Fsp3) is 0.318. The Morgan fingerprint density at radius 2 is 1.52 bits per heavy atom. The van der Waals surface area contributed by atoms with Crippen molar-refractivity contribution < 1.29 is 19.1 Å². The van der Waals surface area contributed by atoms with E-state index in [1.807, 2.05) is 12.1 Å². The third kappa shape index (κ3) is 5.78. The number of carbonyl (C=O) groups excluding carboxylic acids is 3. The quantitative estimate of drug-likeness (QED) is 0.626. The van der Waals surface area contributed by atoms with Gasteiger partial charge in [-0.15, -0.1) is 0 Å². The Balaban J connectivity index is 1.88. The van der Waals surface area contributed by atoms with Crippen LogP contribution >= 0.6 is 0 Å². The second-order valence-corrected chi connectivity index (χ2v) is 7.37. The Bertz CT molecular complexity index is 804. The van der Waals surface area contributed by atoms with Gasteiger partial charge >= 0.3 is 5.97 Å². The van der Waals surface area contributed by atoms with Crippen LogP contribution in [0.15, 0.2) is 54.6 Å². The zero-order valence-electron chi connectivity index (χ0n) is 16.1. The molecular formula is C22H25NO4. The Morgan fingerprint density at radius 3 is 2.07 bits per heavy atom. The number of ether oxygens (including phenoxy) is 1. The van der Waals surface area contributed by atoms with E-state index in [0.717, 1.165) is 5.56 Å². The highest BCUT2D eigenvalue weighted by Crippen LogP contribution is 2.22. The van der Waals surface area contributed by atoms with Gasteiger partial charge in [0.15, 0.2) is 6.10 Å². The van der Waals surface area contributed by atoms with Crippen LogP contribution in [0.25, 0.3) is 0 Å². The number of amides is 1. The molecule has 27 heavy (non-hydrogen) atoms. The number of rotatable bonds is 6. The molecule has 1 N–H and O–H groups in total. The molecule has 0 unspecified atom stereocenters. The molecule has 2 rings (SSSR count). The summed E-state index contributed by atoms with van der Waals surface area (Å²) in [7, 11) is 0. The van der Waals surface area contributed by atoms with Crippen molar-refractivity contribution in [3.05, 3.63) is 71.3 Å². The zero-order chi connectivity index (χ0) is 20.0. The molecule has 1 atom stereocenters. The topological polar surface area (TPSA) is 72.5 Å². The van der Waals surface area contributed by atoms with E-state index in [1.54, 1.807) is 42.5 Å². The maximum Gasteiger partial charge on any atom is 0.326 e. The van der Waals surface area contributed by atoms with Crippen molar-refractivity contribution in [3.8, 4) is 0 Å². The Labute approximate surface area is 159 Å². The van der Waals surface area contributed by atoms with Gasteiger partial charge in [0, 0.05) is 11.1 Å². The highest BCUT2D eigenvalue weighted by atomic mass is 16.5. The summed E-state index contributed by atoms with van der Waals surface area (Å²) in [6.07, 6.45) is -0.924. The molecule has 0 spiro atoms. The van der Waals surface area contributed by atoms with Gasteiger partial charge in [0.25, 0.3) is 5.91 Å². The van der Waals surface area contributed by atoms with Gasteiger partial charge in [0.2, 0.25) is 5.78 Å². The zero-order valence-corrected chi connectivity index (χ0v) is 16.1. The molecule has 5 heteroatoms. The summed E-state index contributed by atoms with van der Waals surface area (Å²) in [6, 6.07) is 15.9. The van der Waals surface area contributed by atoms with Crippen LogP contribution in [0, 0.1) is 0 Å². The van der Waals surface area contributed by atoms with Gasteiger partial charge in [0.05, 0.1) is 0 Å². The lowest BCUT2D eigenvalue weighted by molar-refractivity contribution is -0.145. The van der Waals surface area contributed by atoms with Crippen molar-refractivity contribution in [3.63, 3.8) is 0 Å². The Kier molecular flexibility index (Phi) is 6.50. The second-order valence-electron chi connectivity index (χ2n) is 7.37. The third-order valence-corrected chi connectivity index (χ3v) is 4.14.